The summed E-state index contributed by atoms with van der Waals surface area (Å²) in [5.74, 6) is 1.65. The zero-order valence-corrected chi connectivity index (χ0v) is 13.2. The Labute approximate surface area is 136 Å². The Bertz CT molecular complexity index is 579. The van der Waals surface area contributed by atoms with Gasteiger partial charge in [-0.3, -0.25) is 14.9 Å². The van der Waals surface area contributed by atoms with Gasteiger partial charge in [0, 0.05) is 17.7 Å². The van der Waals surface area contributed by atoms with Gasteiger partial charge in [0.15, 0.2) is 6.61 Å². The maximum absolute atomic E-state index is 12.0. The number of nitrogens with one attached hydrogen (secondary N) is 3. The summed E-state index contributed by atoms with van der Waals surface area (Å²) in [6.07, 6.45) is 0. The number of rotatable bonds is 2. The van der Waals surface area contributed by atoms with E-state index in [4.69, 9.17) is 16.3 Å². The minimum atomic E-state index is -0.225. The number of anilines is 2. The number of halogens is 2. The molecule has 114 valence electrons. The lowest BCUT2D eigenvalue weighted by Crippen LogP contribution is -2.37. The fourth-order valence-electron chi connectivity index (χ4n) is 1.98. The largest absolute Gasteiger partial charge is 0.482 e. The van der Waals surface area contributed by atoms with E-state index < -0.39 is 0 Å². The van der Waals surface area contributed by atoms with Gasteiger partial charge in [0.2, 0.25) is 5.91 Å². The molecule has 0 saturated carbocycles. The molecule has 1 aromatic carbocycles. The molecule has 21 heavy (non-hydrogen) atoms. The first-order valence-electron chi connectivity index (χ1n) is 6.01. The zero-order valence-electron chi connectivity index (χ0n) is 10.8. The van der Waals surface area contributed by atoms with Gasteiger partial charge in [-0.25, -0.2) is 0 Å². The van der Waals surface area contributed by atoms with Crippen molar-refractivity contribution in [2.24, 2.45) is 0 Å². The van der Waals surface area contributed by atoms with Crippen LogP contribution in [0.1, 0.15) is 0 Å². The van der Waals surface area contributed by atoms with Gasteiger partial charge in [0.05, 0.1) is 22.4 Å². The molecule has 1 fully saturated rings. The monoisotopic (exact) mass is 349 g/mol. The van der Waals surface area contributed by atoms with Crippen molar-refractivity contribution in [1.82, 2.24) is 5.32 Å². The van der Waals surface area contributed by atoms with E-state index >= 15 is 0 Å². The molecule has 9 heteroatoms. The fraction of sp³-hybridized carbons (Fsp3) is 0.333. The standard InChI is InChI=1S/C12H12ClN3O3S.ClH/c13-6-1-8-10(19-3-11(17)15-8)2-7(6)16-12(18)9-4-20-5-14-9;/h1-2,9,14H,3-5H2,(H,15,17)(H,16,18);1H. The van der Waals surface area contributed by atoms with Crippen molar-refractivity contribution >= 4 is 59.0 Å². The third kappa shape index (κ3) is 3.55. The van der Waals surface area contributed by atoms with Crippen LogP contribution in [0.4, 0.5) is 11.4 Å². The van der Waals surface area contributed by atoms with Crippen molar-refractivity contribution in [3.05, 3.63) is 17.2 Å². The van der Waals surface area contributed by atoms with E-state index in [0.717, 1.165) is 11.6 Å². The van der Waals surface area contributed by atoms with E-state index in [2.05, 4.69) is 16.0 Å². The molecule has 2 amide bonds. The summed E-state index contributed by atoms with van der Waals surface area (Å²) in [6.45, 7) is -0.0388. The van der Waals surface area contributed by atoms with Crippen molar-refractivity contribution in [2.75, 3.05) is 28.9 Å². The highest BCUT2D eigenvalue weighted by Gasteiger charge is 2.24. The van der Waals surface area contributed by atoms with Crippen LogP contribution in [0.2, 0.25) is 5.02 Å². The molecule has 0 aliphatic carbocycles. The molecule has 0 aromatic heterocycles. The molecule has 0 bridgehead atoms. The molecule has 3 N–H and O–H groups in total. The van der Waals surface area contributed by atoms with Crippen molar-refractivity contribution in [3.63, 3.8) is 0 Å². The first kappa shape index (κ1) is 16.2. The quantitative estimate of drug-likeness (QED) is 0.757. The molecule has 1 aromatic rings. The summed E-state index contributed by atoms with van der Waals surface area (Å²) in [5.41, 5.74) is 0.990. The maximum Gasteiger partial charge on any atom is 0.262 e. The molecule has 0 radical (unpaired) electrons. The number of benzene rings is 1. The van der Waals surface area contributed by atoms with E-state index in [1.165, 1.54) is 0 Å². The summed E-state index contributed by atoms with van der Waals surface area (Å²) in [7, 11) is 0. The molecule has 6 nitrogen and oxygen atoms in total. The first-order valence-corrected chi connectivity index (χ1v) is 7.55. The summed E-state index contributed by atoms with van der Waals surface area (Å²) >= 11 is 7.78. The number of hydrogen-bond donors (Lipinski definition) is 3. The maximum atomic E-state index is 12.0. The third-order valence-electron chi connectivity index (χ3n) is 2.99. The van der Waals surface area contributed by atoms with Crippen molar-refractivity contribution in [3.8, 4) is 5.75 Å². The second kappa shape index (κ2) is 6.74. The van der Waals surface area contributed by atoms with E-state index in [-0.39, 0.29) is 36.9 Å². The average Bonchev–Trinajstić information content (AvgIpc) is 2.94. The van der Waals surface area contributed by atoms with Gasteiger partial charge in [-0.2, -0.15) is 0 Å². The summed E-state index contributed by atoms with van der Waals surface area (Å²) < 4.78 is 5.30. The number of hydrogen-bond acceptors (Lipinski definition) is 5. The van der Waals surface area contributed by atoms with Gasteiger partial charge < -0.3 is 15.4 Å². The lowest BCUT2D eigenvalue weighted by Gasteiger charge is -2.20. The van der Waals surface area contributed by atoms with Gasteiger partial charge in [-0.05, 0) is 6.07 Å². The van der Waals surface area contributed by atoms with Crippen LogP contribution in [0.25, 0.3) is 0 Å². The van der Waals surface area contributed by atoms with Gasteiger partial charge in [0.1, 0.15) is 5.75 Å². The second-order valence-electron chi connectivity index (χ2n) is 4.43. The van der Waals surface area contributed by atoms with Gasteiger partial charge in [-0.1, -0.05) is 11.6 Å². The van der Waals surface area contributed by atoms with E-state index in [1.54, 1.807) is 23.9 Å². The minimum absolute atomic E-state index is 0. The predicted molar refractivity (Wildman–Crippen MR) is 85.7 cm³/mol. The topological polar surface area (TPSA) is 79.5 Å². The Balaban J connectivity index is 0.00000161. The Morgan fingerprint density at radius 3 is 3.00 bits per heavy atom. The zero-order chi connectivity index (χ0) is 14.1. The second-order valence-corrected chi connectivity index (χ2v) is 5.86. The van der Waals surface area contributed by atoms with Gasteiger partial charge in [0.25, 0.3) is 5.91 Å². The third-order valence-corrected chi connectivity index (χ3v) is 4.25. The molecular formula is C12H13Cl2N3O3S. The molecule has 1 saturated heterocycles. The van der Waals surface area contributed by atoms with Gasteiger partial charge >= 0.3 is 0 Å². The molecule has 2 heterocycles. The van der Waals surface area contributed by atoms with Crippen LogP contribution >= 0.6 is 35.8 Å². The fourth-order valence-corrected chi connectivity index (χ4v) is 3.13. The highest BCUT2D eigenvalue weighted by molar-refractivity contribution is 7.99. The lowest BCUT2D eigenvalue weighted by atomic mass is 10.2. The van der Waals surface area contributed by atoms with Crippen LogP contribution in [0.3, 0.4) is 0 Å². The highest BCUT2D eigenvalue weighted by atomic mass is 35.5. The Morgan fingerprint density at radius 1 is 1.48 bits per heavy atom. The first-order chi connectivity index (χ1) is 9.63. The number of ether oxygens (including phenoxy) is 1. The Kier molecular flexibility index (Phi) is 5.21. The van der Waals surface area contributed by atoms with E-state index in [0.29, 0.717) is 22.1 Å². The Morgan fingerprint density at radius 2 is 2.29 bits per heavy atom. The van der Waals surface area contributed by atoms with Crippen LogP contribution in [-0.2, 0) is 9.59 Å². The number of carbonyl (C=O) groups is 2. The van der Waals surface area contributed by atoms with Crippen LogP contribution in [0.15, 0.2) is 12.1 Å². The lowest BCUT2D eigenvalue weighted by molar-refractivity contribution is -0.119. The summed E-state index contributed by atoms with van der Waals surface area (Å²) in [6, 6.07) is 2.98. The molecule has 1 unspecified atom stereocenters. The van der Waals surface area contributed by atoms with Crippen LogP contribution in [0.5, 0.6) is 5.75 Å². The summed E-state index contributed by atoms with van der Waals surface area (Å²) in [5, 5.41) is 8.87. The predicted octanol–water partition coefficient (Wildman–Crippen LogP) is 1.69. The molecule has 3 rings (SSSR count). The molecular weight excluding hydrogens is 337 g/mol. The average molecular weight is 350 g/mol. The molecule has 1 atom stereocenters. The minimum Gasteiger partial charge on any atom is -0.482 e. The summed E-state index contributed by atoms with van der Waals surface area (Å²) in [4.78, 5) is 23.2. The van der Waals surface area contributed by atoms with Gasteiger partial charge in [-0.15, -0.1) is 24.2 Å². The van der Waals surface area contributed by atoms with Crippen molar-refractivity contribution in [1.29, 1.82) is 0 Å². The van der Waals surface area contributed by atoms with E-state index in [1.807, 2.05) is 0 Å². The number of thioether (sulfide) groups is 1. The number of fused-ring (bicyclic) bond motifs is 1. The van der Waals surface area contributed by atoms with Crippen molar-refractivity contribution in [2.45, 2.75) is 6.04 Å². The van der Waals surface area contributed by atoms with Crippen LogP contribution < -0.4 is 20.7 Å². The van der Waals surface area contributed by atoms with Crippen LogP contribution in [-0.4, -0.2) is 36.1 Å². The van der Waals surface area contributed by atoms with E-state index in [9.17, 15) is 9.59 Å². The molecule has 2 aliphatic rings. The molecule has 2 aliphatic heterocycles. The van der Waals surface area contributed by atoms with Crippen molar-refractivity contribution < 1.29 is 14.3 Å². The smallest absolute Gasteiger partial charge is 0.262 e. The normalized spacial score (nSPS) is 19.9. The SMILES string of the molecule is Cl.O=C1COc2cc(NC(=O)C3CSCN3)c(Cl)cc2N1. The highest BCUT2D eigenvalue weighted by Crippen LogP contribution is 2.36. The molecule has 0 spiro atoms. The number of amides is 2. The Hall–Kier alpha value is -1.15. The van der Waals surface area contributed by atoms with Crippen LogP contribution in [0, 0.1) is 0 Å². The number of carbonyl (C=O) groups excluding carboxylic acids is 2.